The van der Waals surface area contributed by atoms with Gasteiger partial charge < -0.3 is 19.5 Å². The zero-order valence-electron chi connectivity index (χ0n) is 21.3. The van der Waals surface area contributed by atoms with Crippen molar-refractivity contribution in [1.82, 2.24) is 9.47 Å². The molecule has 0 radical (unpaired) electrons. The molecule has 3 aromatic carbocycles. The fourth-order valence-electron chi connectivity index (χ4n) is 4.42. The number of benzene rings is 3. The third-order valence-electron chi connectivity index (χ3n) is 6.19. The third-order valence-corrected chi connectivity index (χ3v) is 6.93. The Morgan fingerprint density at radius 3 is 2.27 bits per heavy atom. The highest BCUT2D eigenvalue weighted by Gasteiger charge is 2.20. The van der Waals surface area contributed by atoms with E-state index in [9.17, 15) is 9.59 Å². The van der Waals surface area contributed by atoms with Crippen LogP contribution in [0, 0.1) is 13.8 Å². The molecule has 0 spiro atoms. The zero-order chi connectivity index (χ0) is 26.7. The molecule has 0 unspecified atom stereocenters. The normalized spacial score (nSPS) is 11.0. The summed E-state index contributed by atoms with van der Waals surface area (Å²) in [5.74, 6) is -0.129. The van der Waals surface area contributed by atoms with Gasteiger partial charge in [-0.3, -0.25) is 4.79 Å². The van der Waals surface area contributed by atoms with Crippen molar-refractivity contribution in [2.75, 3.05) is 18.4 Å². The number of carbonyl (C=O) groups is 2. The van der Waals surface area contributed by atoms with Crippen LogP contribution in [-0.4, -0.2) is 34.6 Å². The number of carbonyl (C=O) groups excluding carboxylic acids is 2. The van der Waals surface area contributed by atoms with Crippen LogP contribution in [0.1, 0.15) is 40.9 Å². The molecule has 0 saturated carbocycles. The van der Waals surface area contributed by atoms with Crippen LogP contribution in [-0.2, 0) is 6.54 Å². The van der Waals surface area contributed by atoms with Gasteiger partial charge in [-0.15, -0.1) is 0 Å². The van der Waals surface area contributed by atoms with E-state index < -0.39 is 12.0 Å². The summed E-state index contributed by atoms with van der Waals surface area (Å²) in [6.07, 6.45) is 1.48. The van der Waals surface area contributed by atoms with Crippen molar-refractivity contribution in [2.24, 2.45) is 0 Å². The minimum absolute atomic E-state index is 0.266. The van der Waals surface area contributed by atoms with Crippen LogP contribution in [0.3, 0.4) is 0 Å². The van der Waals surface area contributed by atoms with Crippen molar-refractivity contribution in [3.63, 3.8) is 0 Å². The summed E-state index contributed by atoms with van der Waals surface area (Å²) in [5, 5.41) is 4.33. The van der Waals surface area contributed by atoms with Gasteiger partial charge >= 0.3 is 6.09 Å². The average Bonchev–Trinajstić information content (AvgIpc) is 3.25. The van der Waals surface area contributed by atoms with Gasteiger partial charge in [0.1, 0.15) is 0 Å². The van der Waals surface area contributed by atoms with Crippen LogP contribution < -0.4 is 10.1 Å². The van der Waals surface area contributed by atoms with Crippen molar-refractivity contribution in [1.29, 1.82) is 0 Å². The molecule has 1 heterocycles. The van der Waals surface area contributed by atoms with E-state index in [2.05, 4.69) is 41.9 Å². The molecular weight excluding hydrogens is 509 g/mol. The second-order valence-electron chi connectivity index (χ2n) is 8.93. The molecule has 2 amide bonds. The maximum atomic E-state index is 13.2. The Labute approximate surface area is 226 Å². The molecular formula is C29H29Cl2N3O3. The minimum atomic E-state index is -0.482. The Balaban J connectivity index is 1.75. The average molecular weight is 538 g/mol. The molecule has 0 bridgehead atoms. The Kier molecular flexibility index (Phi) is 8.10. The Bertz CT molecular complexity index is 1450. The van der Waals surface area contributed by atoms with E-state index in [0.717, 1.165) is 10.9 Å². The fourth-order valence-corrected chi connectivity index (χ4v) is 4.72. The first-order chi connectivity index (χ1) is 17.7. The fraction of sp³-hybridized carbons (Fsp3) is 0.241. The molecule has 37 heavy (non-hydrogen) atoms. The summed E-state index contributed by atoms with van der Waals surface area (Å²) in [4.78, 5) is 27.5. The molecule has 4 rings (SSSR count). The molecule has 0 aliphatic rings. The van der Waals surface area contributed by atoms with E-state index in [0.29, 0.717) is 35.9 Å². The van der Waals surface area contributed by atoms with Crippen LogP contribution in [0.25, 0.3) is 10.9 Å². The van der Waals surface area contributed by atoms with Crippen molar-refractivity contribution in [2.45, 2.75) is 34.2 Å². The number of amides is 2. The first kappa shape index (κ1) is 26.6. The van der Waals surface area contributed by atoms with Gasteiger partial charge in [0.2, 0.25) is 0 Å². The lowest BCUT2D eigenvalue weighted by atomic mass is 10.1. The molecule has 0 aliphatic heterocycles. The Morgan fingerprint density at radius 1 is 0.919 bits per heavy atom. The predicted molar refractivity (Wildman–Crippen MR) is 150 cm³/mol. The third kappa shape index (κ3) is 5.92. The summed E-state index contributed by atoms with van der Waals surface area (Å²) in [5.41, 5.74) is 5.22. The summed E-state index contributed by atoms with van der Waals surface area (Å²) in [6, 6.07) is 16.7. The quantitative estimate of drug-likeness (QED) is 0.262. The van der Waals surface area contributed by atoms with Crippen molar-refractivity contribution >= 4 is 51.8 Å². The molecule has 192 valence electrons. The maximum Gasteiger partial charge on any atom is 0.415 e. The van der Waals surface area contributed by atoms with Gasteiger partial charge in [0, 0.05) is 36.8 Å². The summed E-state index contributed by atoms with van der Waals surface area (Å²) >= 11 is 12.2. The van der Waals surface area contributed by atoms with E-state index in [4.69, 9.17) is 27.9 Å². The number of halogens is 2. The SMILES string of the molecule is CCN(CC)C(=O)Oc1ccc2c(ccn2Cc2cc(C)cc(C)c2)c1NC(=O)c1ccc(Cl)c(Cl)c1. The first-order valence-electron chi connectivity index (χ1n) is 12.1. The highest BCUT2D eigenvalue weighted by atomic mass is 35.5. The number of aryl methyl sites for hydroxylation is 2. The summed E-state index contributed by atoms with van der Waals surface area (Å²) < 4.78 is 7.86. The van der Waals surface area contributed by atoms with Crippen LogP contribution in [0.4, 0.5) is 10.5 Å². The number of ether oxygens (including phenoxy) is 1. The van der Waals surface area contributed by atoms with Crippen molar-refractivity contribution < 1.29 is 14.3 Å². The van der Waals surface area contributed by atoms with E-state index >= 15 is 0 Å². The predicted octanol–water partition coefficient (Wildman–Crippen LogP) is 7.71. The van der Waals surface area contributed by atoms with Gasteiger partial charge in [-0.25, -0.2) is 4.79 Å². The van der Waals surface area contributed by atoms with E-state index in [1.165, 1.54) is 22.8 Å². The lowest BCUT2D eigenvalue weighted by Crippen LogP contribution is -2.33. The maximum absolute atomic E-state index is 13.2. The lowest BCUT2D eigenvalue weighted by Gasteiger charge is -2.20. The molecule has 0 atom stereocenters. The van der Waals surface area contributed by atoms with E-state index in [-0.39, 0.29) is 10.8 Å². The second-order valence-corrected chi connectivity index (χ2v) is 9.75. The van der Waals surface area contributed by atoms with Gasteiger partial charge in [-0.2, -0.15) is 0 Å². The number of fused-ring (bicyclic) bond motifs is 1. The monoisotopic (exact) mass is 537 g/mol. The van der Waals surface area contributed by atoms with Crippen LogP contribution in [0.5, 0.6) is 5.75 Å². The van der Waals surface area contributed by atoms with Crippen LogP contribution in [0.15, 0.2) is 60.8 Å². The molecule has 0 saturated heterocycles. The number of nitrogens with zero attached hydrogens (tertiary/aromatic N) is 2. The largest absolute Gasteiger partial charge is 0.415 e. The molecule has 0 aliphatic carbocycles. The summed E-state index contributed by atoms with van der Waals surface area (Å²) in [6.45, 7) is 9.60. The van der Waals surface area contributed by atoms with Crippen molar-refractivity contribution in [3.8, 4) is 5.75 Å². The number of rotatable bonds is 7. The smallest absolute Gasteiger partial charge is 0.408 e. The number of nitrogens with one attached hydrogen (secondary N) is 1. The van der Waals surface area contributed by atoms with Gasteiger partial charge in [-0.05, 0) is 69.7 Å². The van der Waals surface area contributed by atoms with Gasteiger partial charge in [0.15, 0.2) is 5.75 Å². The zero-order valence-corrected chi connectivity index (χ0v) is 22.8. The molecule has 1 aromatic heterocycles. The van der Waals surface area contributed by atoms with Crippen molar-refractivity contribution in [3.05, 3.63) is 93.1 Å². The molecule has 6 nitrogen and oxygen atoms in total. The Hall–Kier alpha value is -3.48. The minimum Gasteiger partial charge on any atom is -0.408 e. The molecule has 0 fully saturated rings. The van der Waals surface area contributed by atoms with Gasteiger partial charge in [0.25, 0.3) is 5.91 Å². The highest BCUT2D eigenvalue weighted by Crippen LogP contribution is 2.36. The number of hydrogen-bond acceptors (Lipinski definition) is 3. The summed E-state index contributed by atoms with van der Waals surface area (Å²) in [7, 11) is 0. The Morgan fingerprint density at radius 2 is 1.62 bits per heavy atom. The highest BCUT2D eigenvalue weighted by molar-refractivity contribution is 6.42. The lowest BCUT2D eigenvalue weighted by molar-refractivity contribution is 0.102. The van der Waals surface area contributed by atoms with E-state index in [1.54, 1.807) is 23.1 Å². The number of aromatic nitrogens is 1. The first-order valence-corrected chi connectivity index (χ1v) is 12.9. The molecule has 8 heteroatoms. The standard InChI is InChI=1S/C29H29Cl2N3O3/c1-5-33(6-2)29(36)37-26-10-9-25-22(11-12-34(25)17-20-14-18(3)13-19(4)15-20)27(26)32-28(35)21-7-8-23(30)24(31)16-21/h7-16H,5-6,17H2,1-4H3,(H,32,35). The number of hydrogen-bond donors (Lipinski definition) is 1. The number of anilines is 1. The van der Waals surface area contributed by atoms with Gasteiger partial charge in [0.05, 0.1) is 21.2 Å². The topological polar surface area (TPSA) is 63.6 Å². The van der Waals surface area contributed by atoms with Gasteiger partial charge in [-0.1, -0.05) is 52.5 Å². The van der Waals surface area contributed by atoms with E-state index in [1.807, 2.05) is 32.2 Å². The molecule has 1 N–H and O–H groups in total. The molecule has 4 aromatic rings. The second kappa shape index (κ2) is 11.3. The van der Waals surface area contributed by atoms with Crippen LogP contribution >= 0.6 is 23.2 Å². The van der Waals surface area contributed by atoms with Crippen LogP contribution in [0.2, 0.25) is 10.0 Å².